The molecule has 0 aromatic carbocycles. The molecule has 3 rings (SSSR count). The molecule has 2 fully saturated rings. The number of carbonyl (C=O) groups excluding carboxylic acids is 1. The summed E-state index contributed by atoms with van der Waals surface area (Å²) in [7, 11) is 1.84. The van der Waals surface area contributed by atoms with Gasteiger partial charge in [0.1, 0.15) is 5.70 Å². The average Bonchev–Trinajstić information content (AvgIpc) is 2.96. The van der Waals surface area contributed by atoms with E-state index in [2.05, 4.69) is 10.4 Å². The van der Waals surface area contributed by atoms with Gasteiger partial charge in [-0.3, -0.25) is 14.4 Å². The normalized spacial score (nSPS) is 22.4. The van der Waals surface area contributed by atoms with Gasteiger partial charge < -0.3 is 5.32 Å². The number of hydrogen-bond acceptors (Lipinski definition) is 3. The van der Waals surface area contributed by atoms with Gasteiger partial charge in [0.2, 0.25) is 0 Å². The van der Waals surface area contributed by atoms with Crippen molar-refractivity contribution in [3.05, 3.63) is 23.7 Å². The highest BCUT2D eigenvalue weighted by molar-refractivity contribution is 7.80. The van der Waals surface area contributed by atoms with Crippen molar-refractivity contribution in [2.75, 3.05) is 0 Å². The van der Waals surface area contributed by atoms with Crippen LogP contribution in [0.5, 0.6) is 0 Å². The molecule has 1 aromatic rings. The minimum Gasteiger partial charge on any atom is -0.328 e. The van der Waals surface area contributed by atoms with Crippen molar-refractivity contribution >= 4 is 29.3 Å². The molecule has 0 radical (unpaired) electrons. The van der Waals surface area contributed by atoms with Crippen LogP contribution in [0.4, 0.5) is 0 Å². The van der Waals surface area contributed by atoms with Crippen LogP contribution in [0.15, 0.2) is 18.1 Å². The number of carbonyl (C=O) groups is 1. The van der Waals surface area contributed by atoms with Gasteiger partial charge in [-0.2, -0.15) is 5.10 Å². The molecule has 0 spiro atoms. The Balaban J connectivity index is 1.87. The molecule has 2 heterocycles. The number of rotatable bonds is 2. The van der Waals surface area contributed by atoms with Crippen LogP contribution >= 0.6 is 12.2 Å². The number of thiocarbonyl (C=S) groups is 1. The lowest BCUT2D eigenvalue weighted by molar-refractivity contribution is -0.122. The van der Waals surface area contributed by atoms with Crippen molar-refractivity contribution in [1.29, 1.82) is 0 Å². The van der Waals surface area contributed by atoms with Crippen LogP contribution in [-0.4, -0.2) is 31.7 Å². The van der Waals surface area contributed by atoms with Gasteiger partial charge in [0.25, 0.3) is 5.91 Å². The molecule has 1 saturated heterocycles. The van der Waals surface area contributed by atoms with Gasteiger partial charge in [-0.15, -0.1) is 0 Å². The lowest BCUT2D eigenvalue weighted by Gasteiger charge is -2.11. The maximum absolute atomic E-state index is 12.1. The second-order valence-corrected chi connectivity index (χ2v) is 4.73. The molecule has 0 unspecified atom stereocenters. The standard InChI is InChI=1S/C11H12N4OS/c1-14-6-7(5-12-14)4-9-10(16)15(8-2-3-8)11(17)13-9/h4-6,8H,2-3H2,1H3,(H,13,17)/b9-4+. The van der Waals surface area contributed by atoms with E-state index in [1.54, 1.807) is 21.9 Å². The molecule has 1 amide bonds. The quantitative estimate of drug-likeness (QED) is 0.616. The Labute approximate surface area is 104 Å². The second-order valence-electron chi connectivity index (χ2n) is 4.34. The Morgan fingerprint density at radius 3 is 2.94 bits per heavy atom. The van der Waals surface area contributed by atoms with Gasteiger partial charge in [-0.25, -0.2) is 0 Å². The number of nitrogens with one attached hydrogen (secondary N) is 1. The van der Waals surface area contributed by atoms with Crippen molar-refractivity contribution in [2.45, 2.75) is 18.9 Å². The fourth-order valence-corrected chi connectivity index (χ4v) is 2.24. The maximum Gasteiger partial charge on any atom is 0.276 e. The number of hydrogen-bond donors (Lipinski definition) is 1. The van der Waals surface area contributed by atoms with Crippen molar-refractivity contribution < 1.29 is 4.79 Å². The third-order valence-corrected chi connectivity index (χ3v) is 3.16. The van der Waals surface area contributed by atoms with Crippen LogP contribution in [0.25, 0.3) is 6.08 Å². The predicted octanol–water partition coefficient (Wildman–Crippen LogP) is 0.640. The van der Waals surface area contributed by atoms with Crippen LogP contribution in [-0.2, 0) is 11.8 Å². The molecule has 88 valence electrons. The molecule has 1 aromatic heterocycles. The first-order chi connectivity index (χ1) is 8.15. The van der Waals surface area contributed by atoms with Crippen LogP contribution in [0, 0.1) is 0 Å². The van der Waals surface area contributed by atoms with Crippen LogP contribution < -0.4 is 5.32 Å². The van der Waals surface area contributed by atoms with Crippen molar-refractivity contribution in [1.82, 2.24) is 20.0 Å². The van der Waals surface area contributed by atoms with Crippen LogP contribution in [0.3, 0.4) is 0 Å². The molecule has 5 nitrogen and oxygen atoms in total. The van der Waals surface area contributed by atoms with E-state index in [0.29, 0.717) is 16.9 Å². The summed E-state index contributed by atoms with van der Waals surface area (Å²) in [6, 6.07) is 0.308. The number of aryl methyl sites for hydroxylation is 1. The highest BCUT2D eigenvalue weighted by Gasteiger charge is 2.41. The highest BCUT2D eigenvalue weighted by Crippen LogP contribution is 2.30. The Morgan fingerprint density at radius 1 is 1.59 bits per heavy atom. The summed E-state index contributed by atoms with van der Waals surface area (Å²) in [6.45, 7) is 0. The zero-order valence-electron chi connectivity index (χ0n) is 9.38. The molecule has 1 aliphatic heterocycles. The first-order valence-corrected chi connectivity index (χ1v) is 5.91. The minimum atomic E-state index is -0.0265. The van der Waals surface area contributed by atoms with Gasteiger partial charge in [0.15, 0.2) is 5.11 Å². The molecule has 17 heavy (non-hydrogen) atoms. The summed E-state index contributed by atoms with van der Waals surface area (Å²) in [4.78, 5) is 13.8. The van der Waals surface area contributed by atoms with Crippen molar-refractivity contribution in [3.63, 3.8) is 0 Å². The summed E-state index contributed by atoms with van der Waals surface area (Å²) in [6.07, 6.45) is 7.45. The largest absolute Gasteiger partial charge is 0.328 e. The molecule has 0 bridgehead atoms. The summed E-state index contributed by atoms with van der Waals surface area (Å²) >= 11 is 5.16. The second kappa shape index (κ2) is 3.66. The van der Waals surface area contributed by atoms with E-state index in [0.717, 1.165) is 18.4 Å². The van der Waals surface area contributed by atoms with E-state index in [9.17, 15) is 4.79 Å². The first kappa shape index (κ1) is 10.5. The molecule has 2 aliphatic rings. The SMILES string of the molecule is Cn1cc(/C=C2/NC(=S)N(C3CC3)C2=O)cn1. The molecule has 1 N–H and O–H groups in total. The van der Waals surface area contributed by atoms with Gasteiger partial charge in [0.05, 0.1) is 6.20 Å². The van der Waals surface area contributed by atoms with Crippen molar-refractivity contribution in [2.24, 2.45) is 7.05 Å². The van der Waals surface area contributed by atoms with E-state index < -0.39 is 0 Å². The summed E-state index contributed by atoms with van der Waals surface area (Å²) in [5.74, 6) is -0.0265. The van der Waals surface area contributed by atoms with E-state index in [1.165, 1.54) is 0 Å². The summed E-state index contributed by atoms with van der Waals surface area (Å²) in [5, 5.41) is 7.54. The molecular weight excluding hydrogens is 236 g/mol. The van der Waals surface area contributed by atoms with Gasteiger partial charge in [0, 0.05) is 24.8 Å². The van der Waals surface area contributed by atoms with Crippen molar-refractivity contribution in [3.8, 4) is 0 Å². The fourth-order valence-electron chi connectivity index (χ4n) is 1.89. The van der Waals surface area contributed by atoms with E-state index in [4.69, 9.17) is 12.2 Å². The van der Waals surface area contributed by atoms with E-state index in [1.807, 2.05) is 13.2 Å². The monoisotopic (exact) mass is 248 g/mol. The number of nitrogens with zero attached hydrogens (tertiary/aromatic N) is 3. The molecule has 1 saturated carbocycles. The van der Waals surface area contributed by atoms with E-state index >= 15 is 0 Å². The topological polar surface area (TPSA) is 50.2 Å². The Bertz CT molecular complexity index is 529. The predicted molar refractivity (Wildman–Crippen MR) is 66.8 cm³/mol. The first-order valence-electron chi connectivity index (χ1n) is 5.50. The van der Waals surface area contributed by atoms with Crippen LogP contribution in [0.2, 0.25) is 0 Å². The Hall–Kier alpha value is -1.69. The van der Waals surface area contributed by atoms with Gasteiger partial charge >= 0.3 is 0 Å². The Kier molecular flexibility index (Phi) is 2.25. The van der Waals surface area contributed by atoms with Gasteiger partial charge in [-0.05, 0) is 31.1 Å². The lowest BCUT2D eigenvalue weighted by atomic mass is 10.3. The summed E-state index contributed by atoms with van der Waals surface area (Å²) in [5.41, 5.74) is 1.43. The minimum absolute atomic E-state index is 0.0265. The summed E-state index contributed by atoms with van der Waals surface area (Å²) < 4.78 is 1.70. The fraction of sp³-hybridized carbons (Fsp3) is 0.364. The molecular formula is C11H12N4OS. The third kappa shape index (κ3) is 1.84. The molecule has 0 atom stereocenters. The smallest absolute Gasteiger partial charge is 0.276 e. The van der Waals surface area contributed by atoms with E-state index in [-0.39, 0.29) is 5.91 Å². The average molecular weight is 248 g/mol. The Morgan fingerprint density at radius 2 is 2.35 bits per heavy atom. The zero-order chi connectivity index (χ0) is 12.0. The van der Waals surface area contributed by atoms with Crippen LogP contribution in [0.1, 0.15) is 18.4 Å². The molecule has 6 heteroatoms. The zero-order valence-corrected chi connectivity index (χ0v) is 10.2. The maximum atomic E-state index is 12.1. The molecule has 1 aliphatic carbocycles. The highest BCUT2D eigenvalue weighted by atomic mass is 32.1. The number of amides is 1. The third-order valence-electron chi connectivity index (χ3n) is 2.86. The lowest BCUT2D eigenvalue weighted by Crippen LogP contribution is -2.32. The van der Waals surface area contributed by atoms with Gasteiger partial charge in [-0.1, -0.05) is 0 Å². The number of aromatic nitrogens is 2.